The van der Waals surface area contributed by atoms with Gasteiger partial charge in [-0.25, -0.2) is 8.42 Å². The van der Waals surface area contributed by atoms with E-state index in [-0.39, 0.29) is 16.7 Å². The molecule has 0 spiro atoms. The molecule has 1 amide bonds. The number of hydrogen-bond acceptors (Lipinski definition) is 3. The maximum absolute atomic E-state index is 12.9. The number of rotatable bonds is 5. The van der Waals surface area contributed by atoms with E-state index in [9.17, 15) is 13.2 Å². The molecular formula is C21H22N2O3S. The van der Waals surface area contributed by atoms with Gasteiger partial charge < -0.3 is 5.32 Å². The van der Waals surface area contributed by atoms with Crippen LogP contribution in [0, 0.1) is 17.8 Å². The second-order valence-corrected chi connectivity index (χ2v) is 9.18. The highest BCUT2D eigenvalue weighted by Gasteiger charge is 2.39. The number of amides is 1. The number of carbonyl (C=O) groups excluding carboxylic acids is 1. The number of hydrogen-bond donors (Lipinski definition) is 1. The van der Waals surface area contributed by atoms with Crippen molar-refractivity contribution in [1.82, 2.24) is 0 Å². The van der Waals surface area contributed by atoms with Gasteiger partial charge in [-0.2, -0.15) is 0 Å². The van der Waals surface area contributed by atoms with Gasteiger partial charge in [0.25, 0.3) is 10.0 Å². The highest BCUT2D eigenvalue weighted by Crippen LogP contribution is 2.43. The summed E-state index contributed by atoms with van der Waals surface area (Å²) in [7, 11) is -2.18. The molecule has 6 heteroatoms. The molecule has 5 nitrogen and oxygen atoms in total. The Hall–Kier alpha value is -2.60. The van der Waals surface area contributed by atoms with Gasteiger partial charge in [0.1, 0.15) is 0 Å². The number of carbonyl (C=O) groups is 1. The molecule has 2 aliphatic carbocycles. The summed E-state index contributed by atoms with van der Waals surface area (Å²) in [5.74, 6) is 0.771. The molecule has 2 aromatic carbocycles. The van der Waals surface area contributed by atoms with E-state index in [2.05, 4.69) is 17.5 Å². The fraction of sp³-hybridized carbons (Fsp3) is 0.286. The lowest BCUT2D eigenvalue weighted by atomic mass is 9.93. The summed E-state index contributed by atoms with van der Waals surface area (Å²) in [6.07, 6.45) is 6.26. The number of anilines is 2. The van der Waals surface area contributed by atoms with Crippen molar-refractivity contribution >= 4 is 27.3 Å². The lowest BCUT2D eigenvalue weighted by molar-refractivity contribution is -0.120. The molecule has 3 atom stereocenters. The number of para-hydroxylation sites is 1. The first-order chi connectivity index (χ1) is 12.9. The maximum atomic E-state index is 12.9. The van der Waals surface area contributed by atoms with E-state index in [4.69, 9.17) is 0 Å². The van der Waals surface area contributed by atoms with Crippen LogP contribution in [0.2, 0.25) is 0 Å². The van der Waals surface area contributed by atoms with E-state index in [1.165, 1.54) is 17.4 Å². The molecule has 2 aliphatic rings. The van der Waals surface area contributed by atoms with Crippen molar-refractivity contribution in [2.45, 2.75) is 17.7 Å². The third-order valence-corrected chi connectivity index (χ3v) is 7.28. The normalized spacial score (nSPS) is 23.4. The molecule has 0 heterocycles. The number of benzene rings is 2. The number of allylic oxidation sites excluding steroid dienone is 2. The minimum Gasteiger partial charge on any atom is -0.326 e. The van der Waals surface area contributed by atoms with Crippen molar-refractivity contribution in [2.75, 3.05) is 16.7 Å². The average Bonchev–Trinajstić information content (AvgIpc) is 3.32. The van der Waals surface area contributed by atoms with Crippen LogP contribution in [0.5, 0.6) is 0 Å². The van der Waals surface area contributed by atoms with Gasteiger partial charge in [0, 0.05) is 18.7 Å². The van der Waals surface area contributed by atoms with E-state index < -0.39 is 10.0 Å². The van der Waals surface area contributed by atoms with Crippen molar-refractivity contribution in [3.8, 4) is 0 Å². The molecule has 2 aromatic rings. The fourth-order valence-corrected chi connectivity index (χ4v) is 5.23. The van der Waals surface area contributed by atoms with Gasteiger partial charge in [0.2, 0.25) is 5.91 Å². The van der Waals surface area contributed by atoms with Crippen LogP contribution in [0.1, 0.15) is 12.8 Å². The van der Waals surface area contributed by atoms with E-state index >= 15 is 0 Å². The van der Waals surface area contributed by atoms with E-state index in [1.54, 1.807) is 42.5 Å². The Morgan fingerprint density at radius 2 is 1.81 bits per heavy atom. The van der Waals surface area contributed by atoms with Crippen LogP contribution in [-0.2, 0) is 14.8 Å². The Kier molecular flexibility index (Phi) is 4.52. The third-order valence-electron chi connectivity index (χ3n) is 5.50. The summed E-state index contributed by atoms with van der Waals surface area (Å²) >= 11 is 0. The zero-order valence-electron chi connectivity index (χ0n) is 15.1. The Bertz CT molecular complexity index is 985. The standard InChI is InChI=1S/C21H22N2O3S/c1-23(18-7-3-2-4-8-18)27(25,26)19-9-5-6-17(14-19)22-21(24)20-13-15-10-11-16(20)12-15/h2-11,14-16,20H,12-13H2,1H3,(H,22,24). The molecule has 1 fully saturated rings. The van der Waals surface area contributed by atoms with E-state index in [0.29, 0.717) is 23.2 Å². The van der Waals surface area contributed by atoms with Crippen LogP contribution in [-0.4, -0.2) is 21.4 Å². The molecule has 2 bridgehead atoms. The SMILES string of the molecule is CN(c1ccccc1)S(=O)(=O)c1cccc(NC(=O)C2CC3C=CC2C3)c1. The van der Waals surface area contributed by atoms with E-state index in [0.717, 1.165) is 12.8 Å². The third kappa shape index (κ3) is 3.37. The summed E-state index contributed by atoms with van der Waals surface area (Å²) < 4.78 is 27.1. The zero-order valence-corrected chi connectivity index (χ0v) is 15.9. The highest BCUT2D eigenvalue weighted by atomic mass is 32.2. The summed E-state index contributed by atoms with van der Waals surface area (Å²) in [5, 5.41) is 2.90. The van der Waals surface area contributed by atoms with Crippen molar-refractivity contribution in [3.05, 3.63) is 66.7 Å². The molecule has 0 radical (unpaired) electrons. The number of nitrogens with zero attached hydrogens (tertiary/aromatic N) is 1. The molecular weight excluding hydrogens is 360 g/mol. The minimum atomic E-state index is -3.71. The molecule has 4 rings (SSSR count). The molecule has 1 N–H and O–H groups in total. The Morgan fingerprint density at radius 1 is 1.04 bits per heavy atom. The van der Waals surface area contributed by atoms with Crippen LogP contribution in [0.25, 0.3) is 0 Å². The first-order valence-corrected chi connectivity index (χ1v) is 10.5. The lowest BCUT2D eigenvalue weighted by Crippen LogP contribution is -2.27. The first-order valence-electron chi connectivity index (χ1n) is 9.08. The quantitative estimate of drug-likeness (QED) is 0.803. The lowest BCUT2D eigenvalue weighted by Gasteiger charge is -2.20. The summed E-state index contributed by atoms with van der Waals surface area (Å²) in [6.45, 7) is 0. The summed E-state index contributed by atoms with van der Waals surface area (Å²) in [6, 6.07) is 15.4. The van der Waals surface area contributed by atoms with Crippen molar-refractivity contribution < 1.29 is 13.2 Å². The predicted octanol–water partition coefficient (Wildman–Crippen LogP) is 3.66. The van der Waals surface area contributed by atoms with Crippen LogP contribution < -0.4 is 9.62 Å². The summed E-state index contributed by atoms with van der Waals surface area (Å²) in [5.41, 5.74) is 1.09. The van der Waals surface area contributed by atoms with Gasteiger partial charge in [-0.05, 0) is 55.0 Å². The number of fused-ring (bicyclic) bond motifs is 2. The van der Waals surface area contributed by atoms with Crippen molar-refractivity contribution in [3.63, 3.8) is 0 Å². The molecule has 140 valence electrons. The highest BCUT2D eigenvalue weighted by molar-refractivity contribution is 7.92. The Labute approximate surface area is 159 Å². The minimum absolute atomic E-state index is 0.0211. The smallest absolute Gasteiger partial charge is 0.264 e. The molecule has 1 saturated carbocycles. The van der Waals surface area contributed by atoms with Crippen LogP contribution >= 0.6 is 0 Å². The second-order valence-electron chi connectivity index (χ2n) is 7.21. The first kappa shape index (κ1) is 17.8. The monoisotopic (exact) mass is 382 g/mol. The number of nitrogens with one attached hydrogen (secondary N) is 1. The average molecular weight is 382 g/mol. The van der Waals surface area contributed by atoms with Crippen molar-refractivity contribution in [2.24, 2.45) is 17.8 Å². The second kappa shape index (κ2) is 6.85. The Morgan fingerprint density at radius 3 is 2.48 bits per heavy atom. The molecule has 0 aromatic heterocycles. The fourth-order valence-electron chi connectivity index (χ4n) is 3.99. The topological polar surface area (TPSA) is 66.5 Å². The predicted molar refractivity (Wildman–Crippen MR) is 106 cm³/mol. The van der Waals surface area contributed by atoms with Crippen LogP contribution in [0.4, 0.5) is 11.4 Å². The van der Waals surface area contributed by atoms with Gasteiger partial charge in [0.15, 0.2) is 0 Å². The van der Waals surface area contributed by atoms with Gasteiger partial charge >= 0.3 is 0 Å². The van der Waals surface area contributed by atoms with Crippen LogP contribution in [0.15, 0.2) is 71.6 Å². The van der Waals surface area contributed by atoms with Gasteiger partial charge in [0.05, 0.1) is 10.6 Å². The summed E-state index contributed by atoms with van der Waals surface area (Å²) in [4.78, 5) is 12.8. The molecule has 27 heavy (non-hydrogen) atoms. The van der Waals surface area contributed by atoms with Gasteiger partial charge in [-0.3, -0.25) is 9.10 Å². The van der Waals surface area contributed by atoms with Crippen LogP contribution in [0.3, 0.4) is 0 Å². The Balaban J connectivity index is 1.53. The van der Waals surface area contributed by atoms with Gasteiger partial charge in [-0.1, -0.05) is 36.4 Å². The molecule has 3 unspecified atom stereocenters. The zero-order chi connectivity index (χ0) is 19.0. The molecule has 0 saturated heterocycles. The van der Waals surface area contributed by atoms with Gasteiger partial charge in [-0.15, -0.1) is 0 Å². The largest absolute Gasteiger partial charge is 0.326 e. The number of sulfonamides is 1. The van der Waals surface area contributed by atoms with E-state index in [1.807, 2.05) is 6.07 Å². The van der Waals surface area contributed by atoms with Crippen molar-refractivity contribution in [1.29, 1.82) is 0 Å². The molecule has 0 aliphatic heterocycles. The maximum Gasteiger partial charge on any atom is 0.264 e.